The van der Waals surface area contributed by atoms with E-state index in [1.54, 1.807) is 0 Å². The highest BCUT2D eigenvalue weighted by atomic mass is 32.1. The molecule has 28 heavy (non-hydrogen) atoms. The summed E-state index contributed by atoms with van der Waals surface area (Å²) in [6.45, 7) is 9.65. The van der Waals surface area contributed by atoms with Gasteiger partial charge in [-0.2, -0.15) is 0 Å². The smallest absolute Gasteiger partial charge is 0.245 e. The number of rotatable bonds is 9. The second kappa shape index (κ2) is 10.7. The van der Waals surface area contributed by atoms with Crippen molar-refractivity contribution in [3.63, 3.8) is 0 Å². The zero-order chi connectivity index (χ0) is 20.7. The molecule has 3 N–H and O–H groups in total. The number of thiocarbonyl (C=S) groups is 1. The lowest BCUT2D eigenvalue weighted by atomic mass is 9.72. The molecule has 2 aliphatic rings. The van der Waals surface area contributed by atoms with Crippen molar-refractivity contribution >= 4 is 23.1 Å². The number of hydrogen-bond acceptors (Lipinski definition) is 3. The maximum Gasteiger partial charge on any atom is 0.245 e. The molecule has 0 bridgehead atoms. The first kappa shape index (κ1) is 23.3. The molecule has 160 valence electrons. The van der Waals surface area contributed by atoms with E-state index in [0.29, 0.717) is 11.0 Å². The van der Waals surface area contributed by atoms with Crippen LogP contribution in [0.3, 0.4) is 0 Å². The van der Waals surface area contributed by atoms with Gasteiger partial charge in [-0.1, -0.05) is 71.3 Å². The predicted octanol–water partition coefficient (Wildman–Crippen LogP) is 4.43. The van der Waals surface area contributed by atoms with Gasteiger partial charge in [-0.25, -0.2) is 0 Å². The molecule has 5 heteroatoms. The van der Waals surface area contributed by atoms with Gasteiger partial charge in [0.1, 0.15) is 6.04 Å². The van der Waals surface area contributed by atoms with E-state index in [9.17, 15) is 4.79 Å². The molecular weight excluding hydrogens is 366 g/mol. The van der Waals surface area contributed by atoms with Crippen LogP contribution in [0.2, 0.25) is 0 Å². The zero-order valence-corrected chi connectivity index (χ0v) is 19.2. The molecule has 0 spiro atoms. The lowest BCUT2D eigenvalue weighted by Crippen LogP contribution is -2.56. The van der Waals surface area contributed by atoms with Crippen LogP contribution in [0.15, 0.2) is 12.2 Å². The van der Waals surface area contributed by atoms with Crippen LogP contribution in [0.4, 0.5) is 0 Å². The number of carbonyl (C=O) groups is 1. The minimum atomic E-state index is -0.320. The number of carbonyl (C=O) groups excluding carboxylic acids is 1. The Hall–Kier alpha value is -0.940. The lowest BCUT2D eigenvalue weighted by molar-refractivity contribution is -0.136. The molecule has 2 rings (SSSR count). The van der Waals surface area contributed by atoms with Crippen LogP contribution in [0, 0.1) is 17.3 Å². The van der Waals surface area contributed by atoms with Crippen molar-refractivity contribution in [3.05, 3.63) is 12.2 Å². The molecule has 2 atom stereocenters. The maximum atomic E-state index is 13.3. The summed E-state index contributed by atoms with van der Waals surface area (Å²) in [6, 6.07) is -0.00287. The van der Waals surface area contributed by atoms with E-state index in [4.69, 9.17) is 18.0 Å². The first-order valence-corrected chi connectivity index (χ1v) is 11.6. The van der Waals surface area contributed by atoms with Crippen molar-refractivity contribution in [1.82, 2.24) is 10.2 Å². The van der Waals surface area contributed by atoms with Gasteiger partial charge in [0.05, 0.1) is 4.99 Å². The third-order valence-corrected chi connectivity index (χ3v) is 6.60. The molecule has 1 saturated heterocycles. The SMILES string of the molecule is CCCCC1CC(/C=C/CC2CCCN2C(=O)C(NC(=S)CN)C(C)(C)C)C1. The van der Waals surface area contributed by atoms with Gasteiger partial charge in [0.2, 0.25) is 5.91 Å². The lowest BCUT2D eigenvalue weighted by Gasteiger charge is -2.36. The van der Waals surface area contributed by atoms with Gasteiger partial charge in [-0.3, -0.25) is 4.79 Å². The van der Waals surface area contributed by atoms with Crippen LogP contribution in [-0.2, 0) is 4.79 Å². The Bertz CT molecular complexity index is 549. The summed E-state index contributed by atoms with van der Waals surface area (Å²) in [4.78, 5) is 15.9. The second-order valence-corrected chi connectivity index (χ2v) is 10.3. The molecule has 2 fully saturated rings. The number of nitrogens with one attached hydrogen (secondary N) is 1. The molecule has 2 unspecified atom stereocenters. The van der Waals surface area contributed by atoms with Gasteiger partial charge < -0.3 is 16.0 Å². The van der Waals surface area contributed by atoms with Gasteiger partial charge in [0.25, 0.3) is 0 Å². The number of nitrogens with zero attached hydrogens (tertiary/aromatic N) is 1. The third kappa shape index (κ3) is 6.55. The standard InChI is InChI=1S/C23H41N3OS/c1-5-6-9-17-14-18(15-17)10-7-11-19-12-8-13-26(19)22(27)21(23(2,3)4)25-20(28)16-24/h7,10,17-19,21H,5-6,8-9,11-16,24H2,1-4H3,(H,25,28)/b10-7+. The van der Waals surface area contributed by atoms with Gasteiger partial charge in [-0.05, 0) is 49.4 Å². The Balaban J connectivity index is 1.88. The molecule has 1 amide bonds. The van der Waals surface area contributed by atoms with Crippen molar-refractivity contribution in [3.8, 4) is 0 Å². The van der Waals surface area contributed by atoms with Crippen LogP contribution >= 0.6 is 12.2 Å². The fourth-order valence-electron chi connectivity index (χ4n) is 4.51. The van der Waals surface area contributed by atoms with Crippen LogP contribution in [0.25, 0.3) is 0 Å². The fourth-order valence-corrected chi connectivity index (χ4v) is 4.62. The molecule has 1 saturated carbocycles. The van der Waals surface area contributed by atoms with Crippen LogP contribution < -0.4 is 11.1 Å². The highest BCUT2D eigenvalue weighted by Crippen LogP contribution is 2.38. The Morgan fingerprint density at radius 1 is 1.36 bits per heavy atom. The Kier molecular flexibility index (Phi) is 8.94. The van der Waals surface area contributed by atoms with Crippen molar-refractivity contribution in [2.45, 2.75) is 91.1 Å². The normalized spacial score (nSPS) is 26.3. The Morgan fingerprint density at radius 3 is 2.68 bits per heavy atom. The summed E-state index contributed by atoms with van der Waals surface area (Å²) in [5, 5.41) is 3.22. The van der Waals surface area contributed by atoms with Gasteiger partial charge in [-0.15, -0.1) is 0 Å². The first-order chi connectivity index (χ1) is 13.3. The quantitative estimate of drug-likeness (QED) is 0.438. The summed E-state index contributed by atoms with van der Waals surface area (Å²) >= 11 is 5.26. The van der Waals surface area contributed by atoms with Crippen molar-refractivity contribution in [2.75, 3.05) is 13.1 Å². The highest BCUT2D eigenvalue weighted by Gasteiger charge is 2.38. The predicted molar refractivity (Wildman–Crippen MR) is 122 cm³/mol. The number of unbranched alkanes of at least 4 members (excludes halogenated alkanes) is 1. The summed E-state index contributed by atoms with van der Waals surface area (Å²) in [7, 11) is 0. The number of allylic oxidation sites excluding steroid dienone is 1. The third-order valence-electron chi connectivity index (χ3n) is 6.32. The average Bonchev–Trinajstić information content (AvgIpc) is 3.07. The number of nitrogens with two attached hydrogens (primary N) is 1. The monoisotopic (exact) mass is 407 g/mol. The molecule has 1 aliphatic carbocycles. The Morgan fingerprint density at radius 2 is 2.07 bits per heavy atom. The molecule has 0 radical (unpaired) electrons. The average molecular weight is 408 g/mol. The highest BCUT2D eigenvalue weighted by molar-refractivity contribution is 7.80. The summed E-state index contributed by atoms with van der Waals surface area (Å²) in [5.74, 6) is 1.88. The van der Waals surface area contributed by atoms with Gasteiger partial charge in [0.15, 0.2) is 0 Å². The fraction of sp³-hybridized carbons (Fsp3) is 0.826. The van der Waals surface area contributed by atoms with Crippen molar-refractivity contribution in [1.29, 1.82) is 0 Å². The first-order valence-electron chi connectivity index (χ1n) is 11.2. The minimum absolute atomic E-state index is 0.169. The summed E-state index contributed by atoms with van der Waals surface area (Å²) < 4.78 is 0. The van der Waals surface area contributed by atoms with E-state index in [1.165, 1.54) is 32.1 Å². The van der Waals surface area contributed by atoms with E-state index in [2.05, 4.69) is 50.1 Å². The topological polar surface area (TPSA) is 58.4 Å². The Labute approximate surface area is 177 Å². The number of hydrogen-bond donors (Lipinski definition) is 2. The van der Waals surface area contributed by atoms with E-state index in [-0.39, 0.29) is 23.9 Å². The van der Waals surface area contributed by atoms with Crippen molar-refractivity contribution in [2.24, 2.45) is 23.0 Å². The van der Waals surface area contributed by atoms with E-state index in [0.717, 1.165) is 37.6 Å². The number of amides is 1. The molecule has 0 aromatic rings. The van der Waals surface area contributed by atoms with Gasteiger partial charge in [0, 0.05) is 19.1 Å². The molecule has 1 aliphatic heterocycles. The van der Waals surface area contributed by atoms with E-state index in [1.807, 2.05) is 0 Å². The maximum absolute atomic E-state index is 13.3. The molecule has 0 aromatic carbocycles. The second-order valence-electron chi connectivity index (χ2n) is 9.80. The molecule has 4 nitrogen and oxygen atoms in total. The van der Waals surface area contributed by atoms with Crippen molar-refractivity contribution < 1.29 is 4.79 Å². The summed E-state index contributed by atoms with van der Waals surface area (Å²) in [5.41, 5.74) is 5.45. The molecular formula is C23H41N3OS. The van der Waals surface area contributed by atoms with Gasteiger partial charge >= 0.3 is 0 Å². The van der Waals surface area contributed by atoms with E-state index >= 15 is 0 Å². The molecule has 1 heterocycles. The summed E-state index contributed by atoms with van der Waals surface area (Å²) in [6.07, 6.45) is 14.7. The zero-order valence-electron chi connectivity index (χ0n) is 18.4. The molecule has 0 aromatic heterocycles. The largest absolute Gasteiger partial charge is 0.367 e. The van der Waals surface area contributed by atoms with Crippen LogP contribution in [0.5, 0.6) is 0 Å². The number of likely N-dealkylation sites (tertiary alicyclic amines) is 1. The minimum Gasteiger partial charge on any atom is -0.367 e. The van der Waals surface area contributed by atoms with Crippen LogP contribution in [-0.4, -0.2) is 41.0 Å². The van der Waals surface area contributed by atoms with E-state index < -0.39 is 0 Å². The van der Waals surface area contributed by atoms with Crippen LogP contribution in [0.1, 0.15) is 79.1 Å².